The predicted octanol–water partition coefficient (Wildman–Crippen LogP) is 4.50. The zero-order valence-corrected chi connectivity index (χ0v) is 11.1. The van der Waals surface area contributed by atoms with Crippen LogP contribution in [0.5, 0.6) is 11.5 Å². The van der Waals surface area contributed by atoms with Gasteiger partial charge in [-0.15, -0.1) is 0 Å². The van der Waals surface area contributed by atoms with Crippen molar-refractivity contribution in [2.75, 3.05) is 6.61 Å². The second-order valence-electron chi connectivity index (χ2n) is 5.02. The largest absolute Gasteiger partial charge is 0.457 e. The molecule has 2 aromatic rings. The normalized spacial score (nSPS) is 23.8. The Balaban J connectivity index is 2.01. The molecule has 1 fully saturated rings. The van der Waals surface area contributed by atoms with Gasteiger partial charge in [-0.3, -0.25) is 0 Å². The van der Waals surface area contributed by atoms with Crippen molar-refractivity contribution in [3.63, 3.8) is 0 Å². The molecule has 0 unspecified atom stereocenters. The summed E-state index contributed by atoms with van der Waals surface area (Å²) in [6.07, 6.45) is 2.03. The van der Waals surface area contributed by atoms with Gasteiger partial charge in [-0.1, -0.05) is 29.8 Å². The molecule has 1 saturated heterocycles. The summed E-state index contributed by atoms with van der Waals surface area (Å²) in [6.45, 7) is 0.778. The lowest BCUT2D eigenvalue weighted by molar-refractivity contribution is 0.0281. The summed E-state index contributed by atoms with van der Waals surface area (Å²) in [4.78, 5) is 0. The van der Waals surface area contributed by atoms with E-state index in [0.29, 0.717) is 0 Å². The van der Waals surface area contributed by atoms with E-state index >= 15 is 0 Å². The van der Waals surface area contributed by atoms with Crippen LogP contribution in [0.25, 0.3) is 0 Å². The van der Waals surface area contributed by atoms with Crippen molar-refractivity contribution >= 4 is 11.6 Å². The van der Waals surface area contributed by atoms with Crippen molar-refractivity contribution < 1.29 is 9.47 Å². The third-order valence-electron chi connectivity index (χ3n) is 3.94. The number of rotatable bonds is 0. The average molecular weight is 273 g/mol. The van der Waals surface area contributed by atoms with Gasteiger partial charge in [-0.25, -0.2) is 0 Å². The highest BCUT2D eigenvalue weighted by Gasteiger charge is 2.45. The second-order valence-corrected chi connectivity index (χ2v) is 5.45. The Morgan fingerprint density at radius 3 is 2.68 bits per heavy atom. The van der Waals surface area contributed by atoms with Crippen LogP contribution >= 0.6 is 11.6 Å². The van der Waals surface area contributed by atoms with Crippen LogP contribution < -0.4 is 4.74 Å². The third kappa shape index (κ3) is 1.54. The molecule has 2 aliphatic rings. The lowest BCUT2D eigenvalue weighted by Gasteiger charge is -2.36. The Bertz CT molecular complexity index is 645. The minimum atomic E-state index is -0.380. The summed E-state index contributed by atoms with van der Waals surface area (Å²) in [7, 11) is 0. The third-order valence-corrected chi connectivity index (χ3v) is 4.18. The van der Waals surface area contributed by atoms with E-state index in [-0.39, 0.29) is 5.60 Å². The molecule has 19 heavy (non-hydrogen) atoms. The summed E-state index contributed by atoms with van der Waals surface area (Å²) in [5.74, 6) is 1.74. The van der Waals surface area contributed by atoms with Crippen molar-refractivity contribution in [1.82, 2.24) is 0 Å². The lowest BCUT2D eigenvalue weighted by atomic mass is 9.81. The quantitative estimate of drug-likeness (QED) is 0.703. The minimum absolute atomic E-state index is 0.380. The first-order valence-corrected chi connectivity index (χ1v) is 6.89. The van der Waals surface area contributed by atoms with Crippen LogP contribution in [0, 0.1) is 0 Å². The van der Waals surface area contributed by atoms with Crippen molar-refractivity contribution in [3.05, 3.63) is 58.6 Å². The number of hydrogen-bond acceptors (Lipinski definition) is 2. The van der Waals surface area contributed by atoms with Gasteiger partial charge >= 0.3 is 0 Å². The van der Waals surface area contributed by atoms with E-state index in [9.17, 15) is 0 Å². The van der Waals surface area contributed by atoms with Gasteiger partial charge in [0, 0.05) is 22.8 Å². The van der Waals surface area contributed by atoms with Gasteiger partial charge in [0.15, 0.2) is 0 Å². The number of ether oxygens (including phenoxy) is 2. The van der Waals surface area contributed by atoms with Crippen LogP contribution in [0.1, 0.15) is 24.0 Å². The Morgan fingerprint density at radius 1 is 1.00 bits per heavy atom. The van der Waals surface area contributed by atoms with Gasteiger partial charge in [-0.05, 0) is 37.1 Å². The van der Waals surface area contributed by atoms with Crippen molar-refractivity contribution in [2.45, 2.75) is 18.4 Å². The molecule has 0 aromatic heterocycles. The van der Waals surface area contributed by atoms with E-state index < -0.39 is 0 Å². The molecule has 3 heteroatoms. The highest BCUT2D eigenvalue weighted by molar-refractivity contribution is 6.30. The van der Waals surface area contributed by atoms with E-state index in [1.165, 1.54) is 0 Å². The maximum absolute atomic E-state index is 6.15. The van der Waals surface area contributed by atoms with Gasteiger partial charge in [0.2, 0.25) is 0 Å². The Morgan fingerprint density at radius 2 is 1.84 bits per heavy atom. The topological polar surface area (TPSA) is 18.5 Å². The molecule has 2 heterocycles. The minimum Gasteiger partial charge on any atom is -0.457 e. The zero-order valence-electron chi connectivity index (χ0n) is 10.4. The van der Waals surface area contributed by atoms with E-state index in [0.717, 1.165) is 47.1 Å². The van der Waals surface area contributed by atoms with Crippen LogP contribution in [-0.4, -0.2) is 6.61 Å². The lowest BCUT2D eigenvalue weighted by Crippen LogP contribution is -2.30. The summed E-state index contributed by atoms with van der Waals surface area (Å²) < 4.78 is 12.1. The van der Waals surface area contributed by atoms with Gasteiger partial charge in [0.05, 0.1) is 0 Å². The van der Waals surface area contributed by atoms with Crippen LogP contribution in [0.2, 0.25) is 5.02 Å². The molecule has 2 aliphatic heterocycles. The number of fused-ring (bicyclic) bond motifs is 4. The molecule has 0 bridgehead atoms. The maximum Gasteiger partial charge on any atom is 0.134 e. The highest BCUT2D eigenvalue weighted by Crippen LogP contribution is 2.53. The first kappa shape index (κ1) is 11.3. The molecule has 0 saturated carbocycles. The molecule has 2 nitrogen and oxygen atoms in total. The fraction of sp³-hybridized carbons (Fsp3) is 0.250. The molecule has 96 valence electrons. The van der Waals surface area contributed by atoms with Gasteiger partial charge in [0.25, 0.3) is 0 Å². The Hall–Kier alpha value is -1.51. The molecule has 4 rings (SSSR count). The Kier molecular flexibility index (Phi) is 2.38. The number of hydrogen-bond donors (Lipinski definition) is 0. The van der Waals surface area contributed by atoms with E-state index in [1.54, 1.807) is 0 Å². The molecule has 0 aliphatic carbocycles. The number of benzene rings is 2. The molecule has 1 spiro atoms. The van der Waals surface area contributed by atoms with Crippen molar-refractivity contribution in [1.29, 1.82) is 0 Å². The van der Waals surface area contributed by atoms with Gasteiger partial charge < -0.3 is 9.47 Å². The van der Waals surface area contributed by atoms with Crippen LogP contribution in [-0.2, 0) is 10.3 Å². The molecular formula is C16H13ClO2. The number of para-hydroxylation sites is 1. The van der Waals surface area contributed by atoms with Gasteiger partial charge in [0.1, 0.15) is 17.1 Å². The van der Waals surface area contributed by atoms with Crippen LogP contribution in [0.15, 0.2) is 42.5 Å². The summed E-state index contributed by atoms with van der Waals surface area (Å²) >= 11 is 6.15. The van der Waals surface area contributed by atoms with E-state index in [1.807, 2.05) is 36.4 Å². The smallest absolute Gasteiger partial charge is 0.134 e. The van der Waals surface area contributed by atoms with Gasteiger partial charge in [-0.2, -0.15) is 0 Å². The standard InChI is InChI=1S/C16H13ClO2/c17-11-6-7-15-13(10-11)16(8-3-9-18-16)12-4-1-2-5-14(12)19-15/h1-2,4-7,10H,3,8-9H2/t16-/m1/s1. The molecule has 0 amide bonds. The molecule has 1 atom stereocenters. The average Bonchev–Trinajstić information content (AvgIpc) is 2.91. The number of halogens is 1. The fourth-order valence-electron chi connectivity index (χ4n) is 3.12. The first-order valence-electron chi connectivity index (χ1n) is 6.51. The molecular weight excluding hydrogens is 260 g/mol. The van der Waals surface area contributed by atoms with Crippen molar-refractivity contribution in [2.24, 2.45) is 0 Å². The zero-order chi connectivity index (χ0) is 12.9. The highest BCUT2D eigenvalue weighted by atomic mass is 35.5. The fourth-order valence-corrected chi connectivity index (χ4v) is 3.30. The maximum atomic E-state index is 6.15. The summed E-state index contributed by atoms with van der Waals surface area (Å²) in [5, 5.41) is 0.719. The molecule has 0 N–H and O–H groups in total. The summed E-state index contributed by atoms with van der Waals surface area (Å²) in [5.41, 5.74) is 1.79. The SMILES string of the molecule is Clc1ccc2c(c1)[C@@]1(CCCO1)c1ccccc1O2. The van der Waals surface area contributed by atoms with E-state index in [4.69, 9.17) is 21.1 Å². The first-order chi connectivity index (χ1) is 9.29. The second kappa shape index (κ2) is 3.99. The molecule has 0 radical (unpaired) electrons. The summed E-state index contributed by atoms with van der Waals surface area (Å²) in [6, 6.07) is 13.9. The van der Waals surface area contributed by atoms with Crippen LogP contribution in [0.4, 0.5) is 0 Å². The monoisotopic (exact) mass is 272 g/mol. The van der Waals surface area contributed by atoms with E-state index in [2.05, 4.69) is 6.07 Å². The van der Waals surface area contributed by atoms with Crippen LogP contribution in [0.3, 0.4) is 0 Å². The Labute approximate surface area is 116 Å². The van der Waals surface area contributed by atoms with Crippen molar-refractivity contribution in [3.8, 4) is 11.5 Å². The molecule has 2 aromatic carbocycles. The predicted molar refractivity (Wildman–Crippen MR) is 73.9 cm³/mol.